The molecule has 0 heterocycles. The number of aliphatic hydroxyl groups is 1. The van der Waals surface area contributed by atoms with Gasteiger partial charge in [0.2, 0.25) is 0 Å². The molecule has 25 heavy (non-hydrogen) atoms. The van der Waals surface area contributed by atoms with Crippen molar-refractivity contribution in [2.45, 2.75) is 122 Å². The topological polar surface area (TPSA) is 52.6 Å². The second-order valence-corrected chi connectivity index (χ2v) is 8.02. The van der Waals surface area contributed by atoms with E-state index in [0.717, 1.165) is 38.6 Å². The quantitative estimate of drug-likeness (QED) is 0.471. The lowest BCUT2D eigenvalue weighted by Crippen LogP contribution is -2.52. The van der Waals surface area contributed by atoms with Gasteiger partial charge in [-0.3, -0.25) is 0 Å². The molecular formula is C21H42N2O2. The molecular weight excluding hydrogens is 312 g/mol. The molecule has 0 unspecified atom stereocenters. The van der Waals surface area contributed by atoms with Crippen LogP contribution in [-0.2, 0) is 0 Å². The first-order valence-electron chi connectivity index (χ1n) is 10.8. The van der Waals surface area contributed by atoms with Crippen LogP contribution in [0.15, 0.2) is 0 Å². The van der Waals surface area contributed by atoms with Crippen molar-refractivity contribution in [3.63, 3.8) is 0 Å². The Morgan fingerprint density at radius 3 is 2.12 bits per heavy atom. The lowest BCUT2D eigenvalue weighted by molar-refractivity contribution is 0.0880. The highest BCUT2D eigenvalue weighted by atomic mass is 16.3. The molecule has 0 spiro atoms. The van der Waals surface area contributed by atoms with E-state index < -0.39 is 0 Å². The first-order chi connectivity index (χ1) is 12.1. The van der Waals surface area contributed by atoms with Crippen molar-refractivity contribution < 1.29 is 9.90 Å². The molecule has 0 aromatic heterocycles. The number of amides is 2. The maximum Gasteiger partial charge on any atom is 0.317 e. The summed E-state index contributed by atoms with van der Waals surface area (Å²) >= 11 is 0. The van der Waals surface area contributed by atoms with E-state index >= 15 is 0 Å². The summed E-state index contributed by atoms with van der Waals surface area (Å²) < 4.78 is 0. The van der Waals surface area contributed by atoms with E-state index in [2.05, 4.69) is 26.1 Å². The Kier molecular flexibility index (Phi) is 12.0. The molecule has 148 valence electrons. The molecule has 2 atom stereocenters. The summed E-state index contributed by atoms with van der Waals surface area (Å²) in [5.41, 5.74) is 0. The van der Waals surface area contributed by atoms with Crippen LogP contribution < -0.4 is 5.32 Å². The normalized spacial score (nSPS) is 20.7. The van der Waals surface area contributed by atoms with Gasteiger partial charge in [-0.05, 0) is 33.1 Å². The van der Waals surface area contributed by atoms with E-state index in [1.54, 1.807) is 0 Å². The van der Waals surface area contributed by atoms with Gasteiger partial charge in [0.25, 0.3) is 0 Å². The van der Waals surface area contributed by atoms with E-state index in [4.69, 9.17) is 0 Å². The van der Waals surface area contributed by atoms with Crippen LogP contribution in [0.4, 0.5) is 4.79 Å². The maximum absolute atomic E-state index is 12.6. The number of unbranched alkanes of at least 4 members (excludes halogenated alkanes) is 8. The van der Waals surface area contributed by atoms with Gasteiger partial charge in [-0.1, -0.05) is 71.1 Å². The van der Waals surface area contributed by atoms with Crippen LogP contribution in [0.1, 0.15) is 104 Å². The van der Waals surface area contributed by atoms with Gasteiger partial charge < -0.3 is 15.3 Å². The van der Waals surface area contributed by atoms with Crippen LogP contribution in [0.25, 0.3) is 0 Å². The van der Waals surface area contributed by atoms with Gasteiger partial charge in [0, 0.05) is 12.6 Å². The molecule has 0 aromatic carbocycles. The van der Waals surface area contributed by atoms with Gasteiger partial charge in [-0.25, -0.2) is 4.79 Å². The molecule has 0 aliphatic heterocycles. The molecule has 1 saturated carbocycles. The summed E-state index contributed by atoms with van der Waals surface area (Å²) in [7, 11) is 0. The third kappa shape index (κ3) is 9.48. The third-order valence-corrected chi connectivity index (χ3v) is 5.43. The SMILES string of the molecule is CCCCCCCCCCCN(C(=O)N[C@H]1CCCC[C@@H]1O)C(C)C. The monoisotopic (exact) mass is 354 g/mol. The lowest BCUT2D eigenvalue weighted by Gasteiger charge is -2.33. The maximum atomic E-state index is 12.6. The second-order valence-electron chi connectivity index (χ2n) is 8.02. The number of nitrogens with zero attached hydrogens (tertiary/aromatic N) is 1. The molecule has 1 fully saturated rings. The smallest absolute Gasteiger partial charge is 0.317 e. The van der Waals surface area contributed by atoms with E-state index in [9.17, 15) is 9.90 Å². The van der Waals surface area contributed by atoms with Crippen molar-refractivity contribution in [3.05, 3.63) is 0 Å². The molecule has 2 amide bonds. The summed E-state index contributed by atoms with van der Waals surface area (Å²) in [4.78, 5) is 14.5. The predicted molar refractivity (Wildman–Crippen MR) is 106 cm³/mol. The number of hydrogen-bond acceptors (Lipinski definition) is 2. The van der Waals surface area contributed by atoms with Crippen molar-refractivity contribution in [3.8, 4) is 0 Å². The zero-order valence-electron chi connectivity index (χ0n) is 16.9. The summed E-state index contributed by atoms with van der Waals surface area (Å²) in [6.07, 6.45) is 15.2. The minimum atomic E-state index is -0.376. The van der Waals surface area contributed by atoms with E-state index in [-0.39, 0.29) is 24.2 Å². The Hall–Kier alpha value is -0.770. The van der Waals surface area contributed by atoms with Gasteiger partial charge in [-0.2, -0.15) is 0 Å². The van der Waals surface area contributed by atoms with Crippen molar-refractivity contribution in [1.29, 1.82) is 0 Å². The van der Waals surface area contributed by atoms with E-state index in [1.807, 2.05) is 4.90 Å². The highest BCUT2D eigenvalue weighted by Gasteiger charge is 2.27. The summed E-state index contributed by atoms with van der Waals surface area (Å²) in [6, 6.07) is 0.140. The zero-order valence-corrected chi connectivity index (χ0v) is 16.9. The number of nitrogens with one attached hydrogen (secondary N) is 1. The lowest BCUT2D eigenvalue weighted by atomic mass is 9.93. The first kappa shape index (κ1) is 22.3. The highest BCUT2D eigenvalue weighted by molar-refractivity contribution is 5.74. The van der Waals surface area contributed by atoms with Crippen LogP contribution in [0.2, 0.25) is 0 Å². The Morgan fingerprint density at radius 2 is 1.56 bits per heavy atom. The van der Waals surface area contributed by atoms with Crippen molar-refractivity contribution >= 4 is 6.03 Å². The minimum absolute atomic E-state index is 0.000477. The van der Waals surface area contributed by atoms with Gasteiger partial charge >= 0.3 is 6.03 Å². The first-order valence-corrected chi connectivity index (χ1v) is 10.8. The van der Waals surface area contributed by atoms with Crippen molar-refractivity contribution in [2.24, 2.45) is 0 Å². The predicted octanol–water partition coefficient (Wildman–Crippen LogP) is 5.24. The van der Waals surface area contributed by atoms with Gasteiger partial charge in [0.05, 0.1) is 12.1 Å². The number of urea groups is 1. The van der Waals surface area contributed by atoms with Gasteiger partial charge in [0.1, 0.15) is 0 Å². The largest absolute Gasteiger partial charge is 0.391 e. The molecule has 0 aromatic rings. The number of rotatable bonds is 12. The minimum Gasteiger partial charge on any atom is -0.391 e. The highest BCUT2D eigenvalue weighted by Crippen LogP contribution is 2.19. The Bertz CT molecular complexity index is 347. The van der Waals surface area contributed by atoms with Gasteiger partial charge in [-0.15, -0.1) is 0 Å². The fourth-order valence-electron chi connectivity index (χ4n) is 3.71. The molecule has 0 saturated heterocycles. The fraction of sp³-hybridized carbons (Fsp3) is 0.952. The summed E-state index contributed by atoms with van der Waals surface area (Å²) in [5, 5.41) is 13.1. The Balaban J connectivity index is 2.19. The van der Waals surface area contributed by atoms with Crippen LogP contribution >= 0.6 is 0 Å². The van der Waals surface area contributed by atoms with Crippen LogP contribution in [-0.4, -0.2) is 40.8 Å². The molecule has 4 heteroatoms. The number of carbonyl (C=O) groups excluding carboxylic acids is 1. The standard InChI is InChI=1S/C21H42N2O2/c1-4-5-6-7-8-9-10-11-14-17-23(18(2)3)21(25)22-19-15-12-13-16-20(19)24/h18-20,24H,4-17H2,1-3H3,(H,22,25)/t19-,20-/m0/s1. The Labute approximate surface area is 155 Å². The molecule has 4 nitrogen and oxygen atoms in total. The van der Waals surface area contributed by atoms with Crippen LogP contribution in [0, 0.1) is 0 Å². The average molecular weight is 355 g/mol. The molecule has 1 aliphatic carbocycles. The van der Waals surface area contributed by atoms with E-state index in [1.165, 1.54) is 51.4 Å². The average Bonchev–Trinajstić information content (AvgIpc) is 2.58. The number of carbonyl (C=O) groups is 1. The molecule has 0 radical (unpaired) electrons. The van der Waals surface area contributed by atoms with Crippen molar-refractivity contribution in [1.82, 2.24) is 10.2 Å². The fourth-order valence-corrected chi connectivity index (χ4v) is 3.71. The summed E-state index contributed by atoms with van der Waals surface area (Å²) in [6.45, 7) is 7.23. The summed E-state index contributed by atoms with van der Waals surface area (Å²) in [5.74, 6) is 0. The van der Waals surface area contributed by atoms with E-state index in [0.29, 0.717) is 0 Å². The molecule has 2 N–H and O–H groups in total. The molecule has 1 aliphatic rings. The number of hydrogen-bond donors (Lipinski definition) is 2. The molecule has 1 rings (SSSR count). The van der Waals surface area contributed by atoms with Gasteiger partial charge in [0.15, 0.2) is 0 Å². The number of aliphatic hydroxyl groups excluding tert-OH is 1. The van der Waals surface area contributed by atoms with Crippen LogP contribution in [0.5, 0.6) is 0 Å². The Morgan fingerprint density at radius 1 is 1.00 bits per heavy atom. The zero-order chi connectivity index (χ0) is 18.5. The third-order valence-electron chi connectivity index (χ3n) is 5.43. The second kappa shape index (κ2) is 13.4. The molecule has 0 bridgehead atoms. The van der Waals surface area contributed by atoms with Crippen LogP contribution in [0.3, 0.4) is 0 Å². The van der Waals surface area contributed by atoms with Crippen molar-refractivity contribution in [2.75, 3.05) is 6.54 Å².